The molecule has 1 aliphatic carbocycles. The van der Waals surface area contributed by atoms with E-state index in [0.29, 0.717) is 41.0 Å². The van der Waals surface area contributed by atoms with Gasteiger partial charge in [-0.25, -0.2) is 14.0 Å². The first-order valence-corrected chi connectivity index (χ1v) is 9.70. The molecule has 1 aromatic carbocycles. The number of amides is 1. The minimum absolute atomic E-state index is 0.0308. The van der Waals surface area contributed by atoms with Crippen molar-refractivity contribution in [3.63, 3.8) is 0 Å². The predicted molar refractivity (Wildman–Crippen MR) is 107 cm³/mol. The van der Waals surface area contributed by atoms with Crippen molar-refractivity contribution < 1.29 is 14.3 Å². The molecule has 10 heteroatoms. The molecule has 2 aliphatic rings. The Hall–Kier alpha value is -3.04. The smallest absolute Gasteiger partial charge is 0.404 e. The lowest BCUT2D eigenvalue weighted by Crippen LogP contribution is -2.44. The molecule has 1 saturated carbocycles. The molecule has 156 valence electrons. The summed E-state index contributed by atoms with van der Waals surface area (Å²) in [6.07, 6.45) is 1.24. The van der Waals surface area contributed by atoms with Crippen molar-refractivity contribution >= 4 is 22.7 Å². The molecule has 4 N–H and O–H groups in total. The second-order valence-corrected chi connectivity index (χ2v) is 8.02. The van der Waals surface area contributed by atoms with Crippen molar-refractivity contribution in [2.24, 2.45) is 5.92 Å². The van der Waals surface area contributed by atoms with Crippen LogP contribution >= 0.6 is 0 Å². The van der Waals surface area contributed by atoms with Crippen LogP contribution in [0.3, 0.4) is 0 Å². The summed E-state index contributed by atoms with van der Waals surface area (Å²) in [4.78, 5) is 37.9. The molecular formula is C19H24FN5O4. The number of aromatic nitrogens is 2. The number of hydrogen-bond donors (Lipinski definition) is 3. The molecule has 4 rings (SSSR count). The molecule has 2 fully saturated rings. The summed E-state index contributed by atoms with van der Waals surface area (Å²) < 4.78 is 17.2. The second kappa shape index (κ2) is 6.78. The van der Waals surface area contributed by atoms with Crippen molar-refractivity contribution in [2.45, 2.75) is 45.2 Å². The van der Waals surface area contributed by atoms with Crippen LogP contribution in [-0.2, 0) is 0 Å². The molecule has 1 saturated heterocycles. The fourth-order valence-corrected chi connectivity index (χ4v) is 4.43. The number of nitrogens with zero attached hydrogens (tertiary/aromatic N) is 3. The lowest BCUT2D eigenvalue weighted by atomic mass is 10.0. The minimum Gasteiger partial charge on any atom is -0.465 e. The van der Waals surface area contributed by atoms with Gasteiger partial charge in [0.05, 0.1) is 16.6 Å². The highest BCUT2D eigenvalue weighted by molar-refractivity contribution is 5.87. The molecule has 0 radical (unpaired) electrons. The molecule has 1 aliphatic heterocycles. The highest BCUT2D eigenvalue weighted by Crippen LogP contribution is 2.39. The summed E-state index contributed by atoms with van der Waals surface area (Å²) in [6, 6.07) is 0.854. The van der Waals surface area contributed by atoms with E-state index in [1.165, 1.54) is 4.57 Å². The molecule has 1 amide bonds. The summed E-state index contributed by atoms with van der Waals surface area (Å²) in [5, 5.41) is 11.5. The fourth-order valence-electron chi connectivity index (χ4n) is 4.43. The number of halogens is 1. The first-order valence-electron chi connectivity index (χ1n) is 9.70. The number of carboxylic acid groups (broad SMARTS) is 1. The van der Waals surface area contributed by atoms with Crippen LogP contribution in [0.1, 0.15) is 37.8 Å². The van der Waals surface area contributed by atoms with Crippen LogP contribution in [0.5, 0.6) is 0 Å². The zero-order valence-electron chi connectivity index (χ0n) is 16.3. The first kappa shape index (κ1) is 19.3. The van der Waals surface area contributed by atoms with E-state index < -0.39 is 23.2 Å². The van der Waals surface area contributed by atoms with Gasteiger partial charge in [-0.15, -0.1) is 0 Å². The Kier molecular flexibility index (Phi) is 4.51. The van der Waals surface area contributed by atoms with Gasteiger partial charge in [0, 0.05) is 30.7 Å². The van der Waals surface area contributed by atoms with Crippen LogP contribution < -0.4 is 27.3 Å². The lowest BCUT2D eigenvalue weighted by molar-refractivity contribution is 0.186. The van der Waals surface area contributed by atoms with E-state index in [2.05, 4.69) is 5.32 Å². The Morgan fingerprint density at radius 2 is 2.03 bits per heavy atom. The van der Waals surface area contributed by atoms with Gasteiger partial charge in [-0.2, -0.15) is 4.68 Å². The molecule has 2 atom stereocenters. The van der Waals surface area contributed by atoms with E-state index in [1.807, 2.05) is 4.90 Å². The average Bonchev–Trinajstić information content (AvgIpc) is 3.37. The second-order valence-electron chi connectivity index (χ2n) is 8.02. The maximum absolute atomic E-state index is 15.1. The van der Waals surface area contributed by atoms with Crippen LogP contribution in [0.4, 0.5) is 14.9 Å². The summed E-state index contributed by atoms with van der Waals surface area (Å²) >= 11 is 0. The topological polar surface area (TPSA) is 123 Å². The molecule has 0 unspecified atom stereocenters. The van der Waals surface area contributed by atoms with E-state index in [4.69, 9.17) is 10.9 Å². The number of nitrogens with two attached hydrogens (primary N) is 1. The van der Waals surface area contributed by atoms with Crippen LogP contribution in [0.2, 0.25) is 0 Å². The third-order valence-corrected chi connectivity index (χ3v) is 6.08. The Bertz CT molecular complexity index is 1120. The number of hydrogen-bond acceptors (Lipinski definition) is 5. The quantitative estimate of drug-likeness (QED) is 0.656. The molecule has 29 heavy (non-hydrogen) atoms. The van der Waals surface area contributed by atoms with Crippen molar-refractivity contribution in [1.82, 2.24) is 14.6 Å². The first-order chi connectivity index (χ1) is 13.7. The van der Waals surface area contributed by atoms with E-state index in [0.717, 1.165) is 18.9 Å². The van der Waals surface area contributed by atoms with E-state index in [-0.39, 0.29) is 23.4 Å². The van der Waals surface area contributed by atoms with Crippen LogP contribution in [0.15, 0.2) is 15.7 Å². The predicted octanol–water partition coefficient (Wildman–Crippen LogP) is 1.14. The SMILES string of the molecule is Cc1c(N2CC[C@H]([C@H](C)NC(=O)O)C2)c(F)cc2c(=O)n(N)c(=O)n(C3CC3)c12. The fraction of sp³-hybridized carbons (Fsp3) is 0.526. The lowest BCUT2D eigenvalue weighted by Gasteiger charge is -2.25. The molecule has 0 spiro atoms. The highest BCUT2D eigenvalue weighted by Gasteiger charge is 2.33. The largest absolute Gasteiger partial charge is 0.465 e. The van der Waals surface area contributed by atoms with Crippen molar-refractivity contribution in [3.05, 3.63) is 38.3 Å². The monoisotopic (exact) mass is 405 g/mol. The number of anilines is 1. The van der Waals surface area contributed by atoms with Gasteiger partial charge in [0.2, 0.25) is 0 Å². The zero-order chi connectivity index (χ0) is 21.0. The van der Waals surface area contributed by atoms with Gasteiger partial charge in [-0.05, 0) is 45.1 Å². The van der Waals surface area contributed by atoms with Crippen molar-refractivity contribution in [3.8, 4) is 0 Å². The normalized spacial score (nSPS) is 20.2. The number of nitrogen functional groups attached to an aromatic ring is 1. The molecule has 1 aromatic heterocycles. The van der Waals surface area contributed by atoms with Gasteiger partial charge in [-0.3, -0.25) is 9.36 Å². The summed E-state index contributed by atoms with van der Waals surface area (Å²) in [5.74, 6) is 5.13. The number of nitrogens with one attached hydrogen (secondary N) is 1. The van der Waals surface area contributed by atoms with E-state index in [1.54, 1.807) is 13.8 Å². The van der Waals surface area contributed by atoms with Crippen LogP contribution in [-0.4, -0.2) is 39.6 Å². The zero-order valence-corrected chi connectivity index (χ0v) is 16.3. The summed E-state index contributed by atoms with van der Waals surface area (Å²) in [5.41, 5.74) is 0.00530. The Balaban J connectivity index is 1.82. The van der Waals surface area contributed by atoms with Gasteiger partial charge in [-0.1, -0.05) is 0 Å². The van der Waals surface area contributed by atoms with Crippen LogP contribution in [0.25, 0.3) is 10.9 Å². The third kappa shape index (κ3) is 3.12. The van der Waals surface area contributed by atoms with E-state index >= 15 is 4.39 Å². The molecule has 2 heterocycles. The summed E-state index contributed by atoms with van der Waals surface area (Å²) in [7, 11) is 0. The van der Waals surface area contributed by atoms with Gasteiger partial charge < -0.3 is 21.2 Å². The third-order valence-electron chi connectivity index (χ3n) is 6.08. The molecule has 9 nitrogen and oxygen atoms in total. The number of aryl methyl sites for hydroxylation is 1. The van der Waals surface area contributed by atoms with Gasteiger partial charge >= 0.3 is 11.8 Å². The Labute approximate surface area is 165 Å². The van der Waals surface area contributed by atoms with Gasteiger partial charge in [0.15, 0.2) is 0 Å². The summed E-state index contributed by atoms with van der Waals surface area (Å²) in [6.45, 7) is 4.54. The minimum atomic E-state index is -1.09. The Morgan fingerprint density at radius 1 is 1.34 bits per heavy atom. The highest BCUT2D eigenvalue weighted by atomic mass is 19.1. The number of carbonyl (C=O) groups is 1. The van der Waals surface area contributed by atoms with Crippen molar-refractivity contribution in [1.29, 1.82) is 0 Å². The van der Waals surface area contributed by atoms with Gasteiger partial charge in [0.1, 0.15) is 5.82 Å². The average molecular weight is 405 g/mol. The van der Waals surface area contributed by atoms with E-state index in [9.17, 15) is 14.4 Å². The number of fused-ring (bicyclic) bond motifs is 1. The standard InChI is InChI=1S/C19H24FN5O4/c1-9-15-13(17(26)25(21)19(29)24(15)12-3-4-12)7-14(20)16(9)23-6-5-11(8-23)10(2)22-18(27)28/h7,10-12,22H,3-6,8,21H2,1-2H3,(H,27,28)/t10-,11-/m0/s1. The molecule has 0 bridgehead atoms. The maximum Gasteiger partial charge on any atom is 0.404 e. The van der Waals surface area contributed by atoms with Crippen molar-refractivity contribution in [2.75, 3.05) is 23.8 Å². The number of benzene rings is 1. The number of rotatable bonds is 4. The molecular weight excluding hydrogens is 381 g/mol. The Morgan fingerprint density at radius 3 is 2.66 bits per heavy atom. The molecule has 2 aromatic rings. The maximum atomic E-state index is 15.1. The van der Waals surface area contributed by atoms with Crippen LogP contribution in [0, 0.1) is 18.7 Å². The van der Waals surface area contributed by atoms with Gasteiger partial charge in [0.25, 0.3) is 5.56 Å².